The van der Waals surface area contributed by atoms with Crippen LogP contribution in [-0.2, 0) is 12.4 Å². The largest absolute Gasteiger partial charge is 0.418 e. The minimum absolute atomic E-state index is 0.0179. The van der Waals surface area contributed by atoms with E-state index in [2.05, 4.69) is 29.9 Å². The van der Waals surface area contributed by atoms with Gasteiger partial charge in [-0.05, 0) is 81.8 Å². The predicted molar refractivity (Wildman–Crippen MR) is 227 cm³/mol. The number of para-hydroxylation sites is 2. The van der Waals surface area contributed by atoms with E-state index in [1.54, 1.807) is 74.7 Å². The molecule has 62 heavy (non-hydrogen) atoms. The molecule has 14 heteroatoms. The summed E-state index contributed by atoms with van der Waals surface area (Å²) in [6.45, 7) is 6.93. The summed E-state index contributed by atoms with van der Waals surface area (Å²) in [5.41, 5.74) is 1.01. The molecule has 10 rings (SSSR count). The Bertz CT molecular complexity index is 3410. The number of aromatic nitrogens is 8. The zero-order chi connectivity index (χ0) is 43.2. The van der Waals surface area contributed by atoms with Crippen LogP contribution in [0.2, 0.25) is 0 Å². The molecule has 0 atom stereocenters. The SMILES string of the molecule is Cc1nc(C)nc(-c2ccc3c4ccccc4n(-c4cc(C(F)(F)F)c(-n5c6ccccc6c6ccc(-c7nc(C)nc(C)n7)cc65)cc4-c4cccc(C(F)(F)F)c4)c3c2)n1. The topological polar surface area (TPSA) is 87.2 Å². The van der Waals surface area contributed by atoms with Gasteiger partial charge in [-0.15, -0.1) is 0 Å². The fourth-order valence-corrected chi connectivity index (χ4v) is 8.50. The Morgan fingerprint density at radius 3 is 1.34 bits per heavy atom. The first-order valence-electron chi connectivity index (χ1n) is 19.5. The first-order valence-corrected chi connectivity index (χ1v) is 19.5. The van der Waals surface area contributed by atoms with Gasteiger partial charge in [-0.3, -0.25) is 0 Å². The lowest BCUT2D eigenvalue weighted by atomic mass is 9.97. The van der Waals surface area contributed by atoms with Gasteiger partial charge in [0.2, 0.25) is 0 Å². The van der Waals surface area contributed by atoms with Crippen LogP contribution >= 0.6 is 0 Å². The number of hydrogen-bond acceptors (Lipinski definition) is 6. The maximum absolute atomic E-state index is 16.0. The van der Waals surface area contributed by atoms with Gasteiger partial charge in [-0.25, -0.2) is 29.9 Å². The summed E-state index contributed by atoms with van der Waals surface area (Å²) in [6.07, 6.45) is -9.68. The molecule has 0 bridgehead atoms. The fraction of sp³-hybridized carbons (Fsp3) is 0.125. The quantitative estimate of drug-likeness (QED) is 0.161. The van der Waals surface area contributed by atoms with Crippen LogP contribution in [0.5, 0.6) is 0 Å². The Kier molecular flexibility index (Phi) is 8.77. The number of benzene rings is 6. The lowest BCUT2D eigenvalue weighted by Crippen LogP contribution is -2.13. The molecule has 306 valence electrons. The highest BCUT2D eigenvalue weighted by atomic mass is 19.4. The maximum atomic E-state index is 16.0. The average molecular weight is 835 g/mol. The van der Waals surface area contributed by atoms with Crippen LogP contribution in [0.4, 0.5) is 26.3 Å². The molecular weight excluding hydrogens is 803 g/mol. The Labute approximate surface area is 349 Å². The minimum atomic E-state index is -4.95. The number of halogens is 6. The summed E-state index contributed by atoms with van der Waals surface area (Å²) in [5.74, 6) is 2.64. The van der Waals surface area contributed by atoms with Crippen molar-refractivity contribution in [3.05, 3.63) is 156 Å². The summed E-state index contributed by atoms with van der Waals surface area (Å²) >= 11 is 0. The van der Waals surface area contributed by atoms with Crippen molar-refractivity contribution in [2.24, 2.45) is 0 Å². The second-order valence-electron chi connectivity index (χ2n) is 15.1. The van der Waals surface area contributed by atoms with E-state index >= 15 is 13.2 Å². The molecular formula is C48H32F6N8. The van der Waals surface area contributed by atoms with E-state index in [1.165, 1.54) is 22.8 Å². The Morgan fingerprint density at radius 1 is 0.387 bits per heavy atom. The second-order valence-corrected chi connectivity index (χ2v) is 15.1. The van der Waals surface area contributed by atoms with Gasteiger partial charge in [0.15, 0.2) is 11.6 Å². The highest BCUT2D eigenvalue weighted by molar-refractivity contribution is 6.12. The molecule has 10 aromatic rings. The van der Waals surface area contributed by atoms with Gasteiger partial charge in [0, 0.05) is 38.2 Å². The predicted octanol–water partition coefficient (Wildman–Crippen LogP) is 12.5. The summed E-state index contributed by atoms with van der Waals surface area (Å²) in [6, 6.07) is 32.2. The van der Waals surface area contributed by atoms with Crippen molar-refractivity contribution in [3.63, 3.8) is 0 Å². The van der Waals surface area contributed by atoms with Gasteiger partial charge < -0.3 is 9.13 Å². The third-order valence-electron chi connectivity index (χ3n) is 11.0. The van der Waals surface area contributed by atoms with Gasteiger partial charge in [0.1, 0.15) is 23.3 Å². The van der Waals surface area contributed by atoms with Crippen molar-refractivity contribution in [2.45, 2.75) is 40.0 Å². The van der Waals surface area contributed by atoms with Crippen LogP contribution in [0, 0.1) is 27.7 Å². The Balaban J connectivity index is 1.34. The number of fused-ring (bicyclic) bond motifs is 6. The molecule has 0 N–H and O–H groups in total. The third kappa shape index (κ3) is 6.49. The van der Waals surface area contributed by atoms with E-state index in [0.29, 0.717) is 84.3 Å². The summed E-state index contributed by atoms with van der Waals surface area (Å²) in [4.78, 5) is 26.7. The fourth-order valence-electron chi connectivity index (χ4n) is 8.50. The molecule has 0 amide bonds. The number of alkyl halides is 6. The van der Waals surface area contributed by atoms with Gasteiger partial charge >= 0.3 is 12.4 Å². The van der Waals surface area contributed by atoms with Crippen molar-refractivity contribution in [2.75, 3.05) is 0 Å². The van der Waals surface area contributed by atoms with Crippen LogP contribution in [0.25, 0.3) is 88.9 Å². The molecule has 4 aromatic heterocycles. The first kappa shape index (κ1) is 38.7. The van der Waals surface area contributed by atoms with E-state index in [0.717, 1.165) is 23.6 Å². The van der Waals surface area contributed by atoms with E-state index in [9.17, 15) is 13.2 Å². The highest BCUT2D eigenvalue weighted by Crippen LogP contribution is 2.46. The van der Waals surface area contributed by atoms with Gasteiger partial charge in [0.25, 0.3) is 0 Å². The molecule has 4 heterocycles. The molecule has 0 saturated heterocycles. The van der Waals surface area contributed by atoms with E-state index in [-0.39, 0.29) is 22.5 Å². The highest BCUT2D eigenvalue weighted by Gasteiger charge is 2.37. The molecule has 0 aliphatic heterocycles. The lowest BCUT2D eigenvalue weighted by molar-refractivity contribution is -0.138. The maximum Gasteiger partial charge on any atom is 0.418 e. The van der Waals surface area contributed by atoms with Crippen LogP contribution in [0.3, 0.4) is 0 Å². The number of nitrogens with zero attached hydrogens (tertiary/aromatic N) is 8. The zero-order valence-electron chi connectivity index (χ0n) is 33.4. The lowest BCUT2D eigenvalue weighted by Gasteiger charge is -2.22. The molecule has 0 saturated carbocycles. The standard InChI is InChI=1S/C48H32F6N8/c1-25-55-26(2)58-45(57-25)30-16-18-35-33-12-5-7-14-39(33)61(41(35)21-30)43-24-38(48(52,53)54)44(23-37(43)29-10-9-11-32(20-29)47(49,50)51)62-40-15-8-6-13-34(40)36-19-17-31(22-42(36)62)46-59-27(3)56-28(4)60-46/h5-24H,1-4H3. The molecule has 0 unspecified atom stereocenters. The first-order chi connectivity index (χ1) is 29.6. The van der Waals surface area contributed by atoms with E-state index < -0.39 is 23.5 Å². The van der Waals surface area contributed by atoms with Gasteiger partial charge in [-0.2, -0.15) is 26.3 Å². The molecule has 0 fully saturated rings. The van der Waals surface area contributed by atoms with Gasteiger partial charge in [0.05, 0.1) is 44.6 Å². The Hall–Kier alpha value is -7.48. The van der Waals surface area contributed by atoms with Crippen LogP contribution < -0.4 is 0 Å². The van der Waals surface area contributed by atoms with Crippen LogP contribution in [-0.4, -0.2) is 39.0 Å². The monoisotopic (exact) mass is 834 g/mol. The smallest absolute Gasteiger partial charge is 0.309 e. The van der Waals surface area contributed by atoms with Crippen LogP contribution in [0.1, 0.15) is 34.4 Å². The molecule has 0 spiro atoms. The number of hydrogen-bond donors (Lipinski definition) is 0. The average Bonchev–Trinajstić information content (AvgIpc) is 3.74. The summed E-state index contributed by atoms with van der Waals surface area (Å²) in [7, 11) is 0. The summed E-state index contributed by atoms with van der Waals surface area (Å²) in [5, 5.41) is 2.76. The number of aryl methyl sites for hydroxylation is 4. The van der Waals surface area contributed by atoms with E-state index in [4.69, 9.17) is 0 Å². The zero-order valence-corrected chi connectivity index (χ0v) is 33.4. The van der Waals surface area contributed by atoms with Gasteiger partial charge in [-0.1, -0.05) is 72.8 Å². The molecule has 8 nitrogen and oxygen atoms in total. The Morgan fingerprint density at radius 2 is 0.855 bits per heavy atom. The van der Waals surface area contributed by atoms with Crippen LogP contribution in [0.15, 0.2) is 121 Å². The molecule has 0 aliphatic rings. The minimum Gasteiger partial charge on any atom is -0.309 e. The number of rotatable bonds is 5. The normalized spacial score (nSPS) is 12.4. The molecule has 0 aliphatic carbocycles. The van der Waals surface area contributed by atoms with Crippen molar-refractivity contribution >= 4 is 43.6 Å². The third-order valence-corrected chi connectivity index (χ3v) is 11.0. The van der Waals surface area contributed by atoms with Crippen molar-refractivity contribution < 1.29 is 26.3 Å². The molecule has 6 aromatic carbocycles. The van der Waals surface area contributed by atoms with Crippen molar-refractivity contribution in [3.8, 4) is 45.3 Å². The van der Waals surface area contributed by atoms with Crippen molar-refractivity contribution in [1.82, 2.24) is 39.0 Å². The molecule has 0 radical (unpaired) electrons. The van der Waals surface area contributed by atoms with E-state index in [1.807, 2.05) is 42.5 Å². The second kappa shape index (κ2) is 14.0. The summed E-state index contributed by atoms with van der Waals surface area (Å²) < 4.78 is 94.6. The van der Waals surface area contributed by atoms with Crippen molar-refractivity contribution in [1.29, 1.82) is 0 Å².